The maximum absolute atomic E-state index is 13.2. The lowest BCUT2D eigenvalue weighted by molar-refractivity contribution is -0.118. The Labute approximate surface area is 193 Å². The molecule has 2 heterocycles. The van der Waals surface area contributed by atoms with Crippen LogP contribution in [0.3, 0.4) is 0 Å². The second kappa shape index (κ2) is 9.29. The molecule has 2 aliphatic heterocycles. The van der Waals surface area contributed by atoms with Gasteiger partial charge in [-0.2, -0.15) is 4.31 Å². The number of ether oxygens (including phenoxy) is 2. The zero-order chi connectivity index (χ0) is 22.9. The van der Waals surface area contributed by atoms with Crippen molar-refractivity contribution in [2.75, 3.05) is 37.7 Å². The normalized spacial score (nSPS) is 15.6. The summed E-state index contributed by atoms with van der Waals surface area (Å²) in [5.74, 6) is 0.995. The van der Waals surface area contributed by atoms with Gasteiger partial charge in [-0.15, -0.1) is 0 Å². The molecule has 2 aliphatic rings. The number of benzene rings is 2. The van der Waals surface area contributed by atoms with Gasteiger partial charge in [-0.3, -0.25) is 4.79 Å². The molecule has 0 aromatic heterocycles. The first kappa shape index (κ1) is 22.9. The molecule has 0 spiro atoms. The smallest absolute Gasteiger partial charge is 0.243 e. The van der Waals surface area contributed by atoms with Crippen LogP contribution in [0, 0.1) is 0 Å². The topological polar surface area (TPSA) is 76.2 Å². The molecule has 0 saturated carbocycles. The molecule has 0 fully saturated rings. The fourth-order valence-electron chi connectivity index (χ4n) is 4.24. The second-order valence-electron chi connectivity index (χ2n) is 7.81. The van der Waals surface area contributed by atoms with Gasteiger partial charge in [-0.05, 0) is 54.3 Å². The summed E-state index contributed by atoms with van der Waals surface area (Å²) in [6, 6.07) is 8.59. The Kier molecular flexibility index (Phi) is 6.65. The van der Waals surface area contributed by atoms with E-state index in [4.69, 9.17) is 21.1 Å². The Morgan fingerprint density at radius 3 is 2.62 bits per heavy atom. The standard InChI is InChI=1S/C23H27ClN2O5S/c1-3-25(4-2)32(28,29)18-7-8-20-17(15-18)6-5-9-26(20)22(27)14-16-12-19(24)23-21(13-16)30-10-11-31-23/h7-8,12-13,15H,3-6,9-11,14H2,1-2H3. The number of hydrogen-bond donors (Lipinski definition) is 0. The van der Waals surface area contributed by atoms with Gasteiger partial charge in [0.15, 0.2) is 11.5 Å². The highest BCUT2D eigenvalue weighted by atomic mass is 35.5. The third-order valence-electron chi connectivity index (χ3n) is 5.83. The second-order valence-corrected chi connectivity index (χ2v) is 10.2. The van der Waals surface area contributed by atoms with Crippen LogP contribution in [-0.2, 0) is 27.7 Å². The molecule has 0 atom stereocenters. The van der Waals surface area contributed by atoms with Gasteiger partial charge < -0.3 is 14.4 Å². The van der Waals surface area contributed by atoms with E-state index in [1.165, 1.54) is 4.31 Å². The van der Waals surface area contributed by atoms with Crippen molar-refractivity contribution in [3.05, 3.63) is 46.5 Å². The van der Waals surface area contributed by atoms with E-state index in [2.05, 4.69) is 0 Å². The van der Waals surface area contributed by atoms with Crippen molar-refractivity contribution < 1.29 is 22.7 Å². The highest BCUT2D eigenvalue weighted by Crippen LogP contribution is 2.39. The van der Waals surface area contributed by atoms with Crippen LogP contribution in [0.4, 0.5) is 5.69 Å². The van der Waals surface area contributed by atoms with Gasteiger partial charge in [0.2, 0.25) is 15.9 Å². The third kappa shape index (κ3) is 4.31. The van der Waals surface area contributed by atoms with E-state index in [0.29, 0.717) is 49.4 Å². The highest BCUT2D eigenvalue weighted by molar-refractivity contribution is 7.89. The van der Waals surface area contributed by atoms with Crippen molar-refractivity contribution in [2.45, 2.75) is 38.0 Å². The van der Waals surface area contributed by atoms with E-state index in [1.807, 2.05) is 13.8 Å². The lowest BCUT2D eigenvalue weighted by Crippen LogP contribution is -2.37. The molecule has 7 nitrogen and oxygen atoms in total. The average molecular weight is 479 g/mol. The number of nitrogens with zero attached hydrogens (tertiary/aromatic N) is 2. The van der Waals surface area contributed by atoms with E-state index >= 15 is 0 Å². The predicted octanol–water partition coefficient (Wildman–Crippen LogP) is 3.66. The number of hydrogen-bond acceptors (Lipinski definition) is 5. The first-order valence-electron chi connectivity index (χ1n) is 10.9. The summed E-state index contributed by atoms with van der Waals surface area (Å²) in [6.07, 6.45) is 1.67. The molecule has 0 unspecified atom stereocenters. The molecule has 0 saturated heterocycles. The monoisotopic (exact) mass is 478 g/mol. The van der Waals surface area contributed by atoms with Crippen LogP contribution >= 0.6 is 11.6 Å². The largest absolute Gasteiger partial charge is 0.486 e. The van der Waals surface area contributed by atoms with Crippen molar-refractivity contribution in [1.82, 2.24) is 4.31 Å². The van der Waals surface area contributed by atoms with E-state index in [9.17, 15) is 13.2 Å². The van der Waals surface area contributed by atoms with E-state index in [1.54, 1.807) is 35.2 Å². The van der Waals surface area contributed by atoms with Crippen LogP contribution in [0.15, 0.2) is 35.2 Å². The summed E-state index contributed by atoms with van der Waals surface area (Å²) in [5, 5.41) is 0.426. The minimum Gasteiger partial charge on any atom is -0.486 e. The predicted molar refractivity (Wildman–Crippen MR) is 123 cm³/mol. The Morgan fingerprint density at radius 2 is 1.88 bits per heavy atom. The number of sulfonamides is 1. The molecule has 0 bridgehead atoms. The van der Waals surface area contributed by atoms with Crippen LogP contribution < -0.4 is 14.4 Å². The molecule has 0 aliphatic carbocycles. The number of rotatable bonds is 6. The Morgan fingerprint density at radius 1 is 1.12 bits per heavy atom. The maximum atomic E-state index is 13.2. The number of amides is 1. The van der Waals surface area contributed by atoms with Gasteiger partial charge in [-0.25, -0.2) is 8.42 Å². The van der Waals surface area contributed by atoms with Crippen LogP contribution in [0.5, 0.6) is 11.5 Å². The summed E-state index contributed by atoms with van der Waals surface area (Å²) >= 11 is 6.32. The number of aryl methyl sites for hydroxylation is 1. The van der Waals surface area contributed by atoms with Crippen molar-refractivity contribution in [3.63, 3.8) is 0 Å². The number of carbonyl (C=O) groups excluding carboxylic acids is 1. The fourth-order valence-corrected chi connectivity index (χ4v) is 6.04. The summed E-state index contributed by atoms with van der Waals surface area (Å²) in [7, 11) is -3.55. The van der Waals surface area contributed by atoms with E-state index in [-0.39, 0.29) is 17.2 Å². The molecule has 4 rings (SSSR count). The fraction of sp³-hybridized carbons (Fsp3) is 0.435. The molecular formula is C23H27ClN2O5S. The van der Waals surface area contributed by atoms with Crippen molar-refractivity contribution in [2.24, 2.45) is 0 Å². The number of anilines is 1. The lowest BCUT2D eigenvalue weighted by Gasteiger charge is -2.30. The lowest BCUT2D eigenvalue weighted by atomic mass is 10.0. The molecule has 2 aromatic carbocycles. The number of halogens is 1. The molecule has 0 N–H and O–H groups in total. The van der Waals surface area contributed by atoms with Crippen LogP contribution in [0.25, 0.3) is 0 Å². The first-order chi connectivity index (χ1) is 15.3. The minimum atomic E-state index is -3.55. The zero-order valence-corrected chi connectivity index (χ0v) is 19.8. The van der Waals surface area contributed by atoms with Gasteiger partial charge >= 0.3 is 0 Å². The molecule has 9 heteroatoms. The molecule has 2 aromatic rings. The van der Waals surface area contributed by atoms with Crippen LogP contribution in [0.2, 0.25) is 5.02 Å². The highest BCUT2D eigenvalue weighted by Gasteiger charge is 2.27. The maximum Gasteiger partial charge on any atom is 0.243 e. The quantitative estimate of drug-likeness (QED) is 0.633. The van der Waals surface area contributed by atoms with Gasteiger partial charge in [0.05, 0.1) is 16.3 Å². The molecule has 32 heavy (non-hydrogen) atoms. The van der Waals surface area contributed by atoms with E-state index in [0.717, 1.165) is 29.7 Å². The summed E-state index contributed by atoms with van der Waals surface area (Å²) in [5.41, 5.74) is 2.39. The Bertz CT molecular complexity index is 1130. The molecule has 1 amide bonds. The zero-order valence-electron chi connectivity index (χ0n) is 18.3. The molecule has 172 valence electrons. The van der Waals surface area contributed by atoms with Gasteiger partial charge in [0.25, 0.3) is 0 Å². The Hall–Kier alpha value is -2.29. The SMILES string of the molecule is CCN(CC)S(=O)(=O)c1ccc2c(c1)CCCN2C(=O)Cc1cc(Cl)c2c(c1)OCCO2. The summed E-state index contributed by atoms with van der Waals surface area (Å²) in [6.45, 7) is 5.96. The first-order valence-corrected chi connectivity index (χ1v) is 12.7. The third-order valence-corrected chi connectivity index (χ3v) is 8.15. The van der Waals surface area contributed by atoms with Crippen LogP contribution in [0.1, 0.15) is 31.4 Å². The van der Waals surface area contributed by atoms with Gasteiger partial charge in [0.1, 0.15) is 13.2 Å². The Balaban J connectivity index is 1.58. The van der Waals surface area contributed by atoms with Crippen molar-refractivity contribution >= 4 is 33.2 Å². The summed E-state index contributed by atoms with van der Waals surface area (Å²) < 4.78 is 38.4. The average Bonchev–Trinajstić information content (AvgIpc) is 2.79. The molecule has 0 radical (unpaired) electrons. The van der Waals surface area contributed by atoms with Crippen molar-refractivity contribution in [1.29, 1.82) is 0 Å². The number of fused-ring (bicyclic) bond motifs is 2. The van der Waals surface area contributed by atoms with Crippen LogP contribution in [-0.4, -0.2) is 51.5 Å². The van der Waals surface area contributed by atoms with E-state index < -0.39 is 10.0 Å². The summed E-state index contributed by atoms with van der Waals surface area (Å²) in [4.78, 5) is 15.2. The van der Waals surface area contributed by atoms with Crippen molar-refractivity contribution in [3.8, 4) is 11.5 Å². The number of carbonyl (C=O) groups is 1. The van der Waals surface area contributed by atoms with Gasteiger partial charge in [0, 0.05) is 25.3 Å². The molecular weight excluding hydrogens is 452 g/mol. The minimum absolute atomic E-state index is 0.0713. The van der Waals surface area contributed by atoms with Gasteiger partial charge in [-0.1, -0.05) is 25.4 Å².